The van der Waals surface area contributed by atoms with Crippen LogP contribution in [0.1, 0.15) is 58.4 Å². The van der Waals surface area contributed by atoms with Gasteiger partial charge in [0.2, 0.25) is 11.0 Å². The molecule has 0 atom stereocenters. The van der Waals surface area contributed by atoms with Crippen molar-refractivity contribution >= 4 is 22.4 Å². The summed E-state index contributed by atoms with van der Waals surface area (Å²) in [4.78, 5) is 14.0. The molecule has 0 radical (unpaired) electrons. The Balaban J connectivity index is 1.88. The molecule has 2 rings (SSSR count). The van der Waals surface area contributed by atoms with Gasteiger partial charge in [0.1, 0.15) is 10.7 Å². The molecule has 1 aromatic rings. The van der Waals surface area contributed by atoms with Gasteiger partial charge in [-0.05, 0) is 0 Å². The van der Waals surface area contributed by atoms with Crippen LogP contribution in [0.4, 0.5) is 9.52 Å². The third-order valence-electron chi connectivity index (χ3n) is 4.10. The number of amides is 1. The van der Waals surface area contributed by atoms with Gasteiger partial charge in [0.25, 0.3) is 0 Å². The van der Waals surface area contributed by atoms with Crippen molar-refractivity contribution in [3.05, 3.63) is 5.01 Å². The highest BCUT2D eigenvalue weighted by molar-refractivity contribution is 7.15. The van der Waals surface area contributed by atoms with Gasteiger partial charge in [0.15, 0.2) is 0 Å². The maximum absolute atomic E-state index is 14.9. The molecule has 2 heterocycles. The predicted octanol–water partition coefficient (Wildman–Crippen LogP) is 3.13. The van der Waals surface area contributed by atoms with Gasteiger partial charge in [-0.1, -0.05) is 46.0 Å². The van der Waals surface area contributed by atoms with Crippen LogP contribution in [0.5, 0.6) is 0 Å². The fourth-order valence-electron chi connectivity index (χ4n) is 2.37. The molecule has 7 heteroatoms. The molecule has 1 fully saturated rings. The van der Waals surface area contributed by atoms with E-state index in [1.165, 1.54) is 0 Å². The van der Waals surface area contributed by atoms with E-state index in [9.17, 15) is 9.18 Å². The Morgan fingerprint density at radius 2 is 1.96 bits per heavy atom. The number of piperidine rings is 1. The van der Waals surface area contributed by atoms with Gasteiger partial charge < -0.3 is 10.2 Å². The number of carbonyl (C=O) groups excluding carboxylic acids is 1. The van der Waals surface area contributed by atoms with Crippen molar-refractivity contribution in [1.29, 1.82) is 0 Å². The molecule has 1 N–H and O–H groups in total. The standard InChI is InChI=1S/C16H27FN4OS/c1-11(2)12-19-20-14(23-12)21-8-6-16(17,7-9-21)10-18-13(22)15(3,4)5/h11H,6-10H2,1-5H3,(H,18,22). The van der Waals surface area contributed by atoms with Crippen molar-refractivity contribution in [3.8, 4) is 0 Å². The number of hydrogen-bond donors (Lipinski definition) is 1. The van der Waals surface area contributed by atoms with Crippen molar-refractivity contribution < 1.29 is 9.18 Å². The van der Waals surface area contributed by atoms with E-state index in [1.807, 2.05) is 20.8 Å². The molecule has 0 spiro atoms. The topological polar surface area (TPSA) is 58.1 Å². The third kappa shape index (κ3) is 4.62. The molecule has 130 valence electrons. The van der Waals surface area contributed by atoms with Crippen LogP contribution in [0.15, 0.2) is 0 Å². The normalized spacial score (nSPS) is 18.3. The Bertz CT molecular complexity index is 545. The molecule has 1 amide bonds. The molecule has 1 aliphatic rings. The number of rotatable bonds is 4. The molecular formula is C16H27FN4OS. The van der Waals surface area contributed by atoms with Crippen LogP contribution in [-0.4, -0.2) is 41.4 Å². The second kappa shape index (κ2) is 6.71. The summed E-state index contributed by atoms with van der Waals surface area (Å²) in [6.45, 7) is 11.0. The second-order valence-corrected chi connectivity index (χ2v) is 8.64. The largest absolute Gasteiger partial charge is 0.352 e. The number of anilines is 1. The number of alkyl halides is 1. The van der Waals surface area contributed by atoms with Crippen molar-refractivity contribution in [1.82, 2.24) is 15.5 Å². The molecule has 1 aromatic heterocycles. The average Bonchev–Trinajstić information content (AvgIpc) is 2.94. The molecule has 0 bridgehead atoms. The number of halogens is 1. The van der Waals surface area contributed by atoms with Gasteiger partial charge in [-0.3, -0.25) is 4.79 Å². The fraction of sp³-hybridized carbons (Fsp3) is 0.812. The Labute approximate surface area is 141 Å². The Morgan fingerprint density at radius 3 is 2.43 bits per heavy atom. The zero-order valence-electron chi connectivity index (χ0n) is 14.6. The lowest BCUT2D eigenvalue weighted by Crippen LogP contribution is -2.50. The van der Waals surface area contributed by atoms with Crippen LogP contribution < -0.4 is 10.2 Å². The van der Waals surface area contributed by atoms with E-state index in [0.717, 1.165) is 10.1 Å². The third-order valence-corrected chi connectivity index (χ3v) is 5.39. The Kier molecular flexibility index (Phi) is 5.28. The predicted molar refractivity (Wildman–Crippen MR) is 91.7 cm³/mol. The first-order chi connectivity index (χ1) is 10.6. The molecule has 0 aromatic carbocycles. The zero-order chi connectivity index (χ0) is 17.3. The molecule has 0 aliphatic carbocycles. The number of carbonyl (C=O) groups is 1. The molecular weight excluding hydrogens is 315 g/mol. The number of nitrogens with zero attached hydrogens (tertiary/aromatic N) is 3. The Morgan fingerprint density at radius 1 is 1.35 bits per heavy atom. The van der Waals surface area contributed by atoms with Crippen LogP contribution in [-0.2, 0) is 4.79 Å². The molecule has 23 heavy (non-hydrogen) atoms. The van der Waals surface area contributed by atoms with Crippen LogP contribution in [0.3, 0.4) is 0 Å². The van der Waals surface area contributed by atoms with Gasteiger partial charge in [0.05, 0.1) is 6.54 Å². The van der Waals surface area contributed by atoms with Crippen molar-refractivity contribution in [2.45, 2.75) is 59.0 Å². The van der Waals surface area contributed by atoms with E-state index in [0.29, 0.717) is 31.8 Å². The van der Waals surface area contributed by atoms with Gasteiger partial charge in [-0.2, -0.15) is 0 Å². The Hall–Kier alpha value is -1.24. The SMILES string of the molecule is CC(C)c1nnc(N2CCC(F)(CNC(=O)C(C)(C)C)CC2)s1. The van der Waals surface area contributed by atoms with Crippen LogP contribution in [0.2, 0.25) is 0 Å². The summed E-state index contributed by atoms with van der Waals surface area (Å²) in [7, 11) is 0. The van der Waals surface area contributed by atoms with Crippen LogP contribution in [0.25, 0.3) is 0 Å². The summed E-state index contributed by atoms with van der Waals surface area (Å²) in [5.41, 5.74) is -1.82. The summed E-state index contributed by atoms with van der Waals surface area (Å²) < 4.78 is 14.9. The van der Waals surface area contributed by atoms with E-state index in [2.05, 4.69) is 34.3 Å². The van der Waals surface area contributed by atoms with E-state index >= 15 is 0 Å². The van der Waals surface area contributed by atoms with Crippen LogP contribution in [0, 0.1) is 5.41 Å². The minimum absolute atomic E-state index is 0.0876. The van der Waals surface area contributed by atoms with E-state index in [-0.39, 0.29) is 12.5 Å². The summed E-state index contributed by atoms with van der Waals surface area (Å²) in [5.74, 6) is 0.251. The quantitative estimate of drug-likeness (QED) is 0.913. The van der Waals surface area contributed by atoms with E-state index in [1.54, 1.807) is 11.3 Å². The summed E-state index contributed by atoms with van der Waals surface area (Å²) in [6, 6.07) is 0. The van der Waals surface area contributed by atoms with Gasteiger partial charge in [-0.25, -0.2) is 4.39 Å². The van der Waals surface area contributed by atoms with E-state index in [4.69, 9.17) is 0 Å². The van der Waals surface area contributed by atoms with Crippen LogP contribution >= 0.6 is 11.3 Å². The smallest absolute Gasteiger partial charge is 0.225 e. The van der Waals surface area contributed by atoms with Crippen molar-refractivity contribution in [2.24, 2.45) is 5.41 Å². The van der Waals surface area contributed by atoms with Gasteiger partial charge >= 0.3 is 0 Å². The number of aromatic nitrogens is 2. The lowest BCUT2D eigenvalue weighted by Gasteiger charge is -2.36. The maximum Gasteiger partial charge on any atom is 0.225 e. The highest BCUT2D eigenvalue weighted by Crippen LogP contribution is 2.32. The highest BCUT2D eigenvalue weighted by Gasteiger charge is 2.36. The molecule has 5 nitrogen and oxygen atoms in total. The first-order valence-corrected chi connectivity index (χ1v) is 8.98. The lowest BCUT2D eigenvalue weighted by atomic mass is 9.91. The monoisotopic (exact) mass is 342 g/mol. The molecule has 0 unspecified atom stereocenters. The summed E-state index contributed by atoms with van der Waals surface area (Å²) in [5, 5.41) is 13.0. The summed E-state index contributed by atoms with van der Waals surface area (Å²) >= 11 is 1.58. The first-order valence-electron chi connectivity index (χ1n) is 8.16. The van der Waals surface area contributed by atoms with Gasteiger partial charge in [0, 0.05) is 37.3 Å². The first kappa shape index (κ1) is 18.1. The van der Waals surface area contributed by atoms with E-state index < -0.39 is 11.1 Å². The highest BCUT2D eigenvalue weighted by atomic mass is 32.1. The minimum atomic E-state index is -1.33. The second-order valence-electron chi connectivity index (χ2n) is 7.65. The molecule has 1 aliphatic heterocycles. The lowest BCUT2D eigenvalue weighted by molar-refractivity contribution is -0.129. The minimum Gasteiger partial charge on any atom is -0.352 e. The van der Waals surface area contributed by atoms with Gasteiger partial charge in [-0.15, -0.1) is 10.2 Å². The maximum atomic E-state index is 14.9. The summed E-state index contributed by atoms with van der Waals surface area (Å²) in [6.07, 6.45) is 0.794. The van der Waals surface area contributed by atoms with Crippen molar-refractivity contribution in [2.75, 3.05) is 24.5 Å². The fourth-order valence-corrected chi connectivity index (χ4v) is 3.26. The molecule has 0 saturated carbocycles. The zero-order valence-corrected chi connectivity index (χ0v) is 15.5. The number of nitrogens with one attached hydrogen (secondary N) is 1. The molecule has 1 saturated heterocycles. The average molecular weight is 342 g/mol. The van der Waals surface area contributed by atoms with Crippen molar-refractivity contribution in [3.63, 3.8) is 0 Å². The number of hydrogen-bond acceptors (Lipinski definition) is 5.